The third-order valence-corrected chi connectivity index (χ3v) is 4.78. The van der Waals surface area contributed by atoms with E-state index in [1.807, 2.05) is 0 Å². The molecule has 0 amide bonds. The topological polar surface area (TPSA) is 0 Å². The predicted octanol–water partition coefficient (Wildman–Crippen LogP) is 6.56. The first-order valence-corrected chi connectivity index (χ1v) is 9.55. The summed E-state index contributed by atoms with van der Waals surface area (Å²) in [5.41, 5.74) is 1.43. The lowest BCUT2D eigenvalue weighted by molar-refractivity contribution is 0.380. The number of quaternary nitrogens is 1. The number of nitrogens with zero attached hydrogens (tertiary/aromatic N) is 1. The Morgan fingerprint density at radius 1 is 0.636 bits per heavy atom. The van der Waals surface area contributed by atoms with Gasteiger partial charge in [-0.15, -0.1) is 0 Å². The van der Waals surface area contributed by atoms with E-state index in [4.69, 9.17) is 0 Å². The third kappa shape index (κ3) is 8.58. The van der Waals surface area contributed by atoms with Crippen LogP contribution in [0.4, 0.5) is 5.69 Å². The highest BCUT2D eigenvalue weighted by molar-refractivity contribution is 5.40. The minimum Gasteiger partial charge on any atom is -0.296 e. The number of para-hydroxylation sites is 1. The maximum absolute atomic E-state index is 2.33. The van der Waals surface area contributed by atoms with E-state index in [9.17, 15) is 0 Å². The molecule has 0 saturated heterocycles. The summed E-state index contributed by atoms with van der Waals surface area (Å²) in [6.07, 6.45) is 15.6. The van der Waals surface area contributed by atoms with Crippen molar-refractivity contribution in [3.8, 4) is 0 Å². The average molecular weight is 305 g/mol. The maximum Gasteiger partial charge on any atom is 0.132 e. The summed E-state index contributed by atoms with van der Waals surface area (Å²) in [6, 6.07) is 10.9. The molecular weight excluding hydrogens is 266 g/mol. The van der Waals surface area contributed by atoms with Crippen molar-refractivity contribution in [2.45, 2.75) is 77.6 Å². The Morgan fingerprint density at radius 3 is 1.59 bits per heavy atom. The summed E-state index contributed by atoms with van der Waals surface area (Å²) in [5.74, 6) is 0. The van der Waals surface area contributed by atoms with Crippen LogP contribution in [0.15, 0.2) is 30.3 Å². The van der Waals surface area contributed by atoms with Gasteiger partial charge in [-0.25, -0.2) is 0 Å². The molecule has 1 nitrogen and oxygen atoms in total. The first kappa shape index (κ1) is 19.2. The average Bonchev–Trinajstić information content (AvgIpc) is 2.53. The quantitative estimate of drug-likeness (QED) is 0.286. The van der Waals surface area contributed by atoms with Crippen molar-refractivity contribution < 1.29 is 0 Å². The van der Waals surface area contributed by atoms with Crippen LogP contribution < -0.4 is 4.48 Å². The molecule has 0 aliphatic heterocycles. The summed E-state index contributed by atoms with van der Waals surface area (Å²) >= 11 is 0. The monoisotopic (exact) mass is 304 g/mol. The van der Waals surface area contributed by atoms with E-state index in [1.165, 1.54) is 82.9 Å². The van der Waals surface area contributed by atoms with Crippen molar-refractivity contribution >= 4 is 5.69 Å². The normalized spacial score (nSPS) is 11.8. The van der Waals surface area contributed by atoms with E-state index in [1.54, 1.807) is 0 Å². The smallest absolute Gasteiger partial charge is 0.132 e. The first-order chi connectivity index (χ1) is 10.7. The standard InChI is InChI=1S/C21H38N/c1-4-5-6-7-8-9-10-11-12-13-17-20-22(2,3)21-18-15-14-16-19-21/h14-16,18-19H,4-13,17,20H2,1-3H3/q+1. The van der Waals surface area contributed by atoms with E-state index >= 15 is 0 Å². The summed E-state index contributed by atoms with van der Waals surface area (Å²) in [4.78, 5) is 0. The maximum atomic E-state index is 2.33. The largest absolute Gasteiger partial charge is 0.296 e. The second-order valence-electron chi connectivity index (χ2n) is 7.28. The highest BCUT2D eigenvalue weighted by atomic mass is 15.3. The number of rotatable bonds is 13. The van der Waals surface area contributed by atoms with Crippen molar-refractivity contribution in [2.75, 3.05) is 20.6 Å². The molecule has 0 spiro atoms. The van der Waals surface area contributed by atoms with Crippen molar-refractivity contribution in [3.05, 3.63) is 30.3 Å². The van der Waals surface area contributed by atoms with E-state index in [0.29, 0.717) is 0 Å². The molecule has 1 aromatic rings. The molecule has 0 unspecified atom stereocenters. The van der Waals surface area contributed by atoms with Gasteiger partial charge in [0.1, 0.15) is 5.69 Å². The number of hydrogen-bond acceptors (Lipinski definition) is 0. The Bertz CT molecular complexity index is 355. The molecule has 1 aromatic carbocycles. The fourth-order valence-electron chi connectivity index (χ4n) is 3.13. The number of unbranched alkanes of at least 4 members (excludes halogenated alkanes) is 10. The minimum atomic E-state index is 1.01. The molecule has 22 heavy (non-hydrogen) atoms. The van der Waals surface area contributed by atoms with Crippen LogP contribution >= 0.6 is 0 Å². The highest BCUT2D eigenvalue weighted by Crippen LogP contribution is 2.19. The molecule has 1 heteroatoms. The van der Waals surface area contributed by atoms with Crippen LogP contribution in [-0.4, -0.2) is 20.6 Å². The number of benzene rings is 1. The lowest BCUT2D eigenvalue weighted by atomic mass is 10.1. The van der Waals surface area contributed by atoms with Gasteiger partial charge in [-0.05, 0) is 25.0 Å². The van der Waals surface area contributed by atoms with Gasteiger partial charge in [-0.1, -0.05) is 82.9 Å². The second-order valence-corrected chi connectivity index (χ2v) is 7.28. The highest BCUT2D eigenvalue weighted by Gasteiger charge is 2.17. The van der Waals surface area contributed by atoms with Crippen molar-refractivity contribution in [1.82, 2.24) is 4.48 Å². The molecule has 0 aliphatic carbocycles. The van der Waals surface area contributed by atoms with Crippen molar-refractivity contribution in [1.29, 1.82) is 0 Å². The van der Waals surface area contributed by atoms with Crippen LogP contribution in [-0.2, 0) is 0 Å². The van der Waals surface area contributed by atoms with Crippen LogP contribution in [0, 0.1) is 0 Å². The molecule has 0 atom stereocenters. The molecule has 0 bridgehead atoms. The van der Waals surface area contributed by atoms with E-state index in [2.05, 4.69) is 51.4 Å². The summed E-state index contributed by atoms with van der Waals surface area (Å²) in [6.45, 7) is 3.54. The van der Waals surface area contributed by atoms with Crippen molar-refractivity contribution in [3.63, 3.8) is 0 Å². The predicted molar refractivity (Wildman–Crippen MR) is 101 cm³/mol. The molecule has 1 rings (SSSR count). The Labute approximate surface area is 139 Å². The van der Waals surface area contributed by atoms with Crippen LogP contribution in [0.5, 0.6) is 0 Å². The fourth-order valence-corrected chi connectivity index (χ4v) is 3.13. The Kier molecular flexibility index (Phi) is 10.2. The van der Waals surface area contributed by atoms with E-state index < -0.39 is 0 Å². The third-order valence-electron chi connectivity index (χ3n) is 4.78. The molecule has 0 aliphatic rings. The van der Waals surface area contributed by atoms with Gasteiger partial charge in [0, 0.05) is 0 Å². The SMILES string of the molecule is CCCCCCCCCCCCC[N+](C)(C)c1ccccc1. The first-order valence-electron chi connectivity index (χ1n) is 9.55. The van der Waals surface area contributed by atoms with Gasteiger partial charge in [0.05, 0.1) is 20.6 Å². The fraction of sp³-hybridized carbons (Fsp3) is 0.714. The van der Waals surface area contributed by atoms with E-state index in [0.717, 1.165) is 4.48 Å². The molecule has 0 N–H and O–H groups in total. The van der Waals surface area contributed by atoms with Crippen molar-refractivity contribution in [2.24, 2.45) is 0 Å². The Morgan fingerprint density at radius 2 is 1.09 bits per heavy atom. The molecule has 0 saturated carbocycles. The summed E-state index contributed by atoms with van der Waals surface area (Å²) in [5, 5.41) is 0. The summed E-state index contributed by atoms with van der Waals surface area (Å²) in [7, 11) is 4.65. The van der Waals surface area contributed by atoms with Gasteiger partial charge < -0.3 is 0 Å². The lowest BCUT2D eigenvalue weighted by Gasteiger charge is -2.29. The lowest BCUT2D eigenvalue weighted by Crippen LogP contribution is -2.41. The van der Waals surface area contributed by atoms with Gasteiger partial charge in [0.2, 0.25) is 0 Å². The molecule has 0 fully saturated rings. The Hall–Kier alpha value is -0.820. The molecule has 0 radical (unpaired) electrons. The molecule has 126 valence electrons. The zero-order valence-electron chi connectivity index (χ0n) is 15.3. The molecular formula is C21H38N+. The second kappa shape index (κ2) is 11.7. The van der Waals surface area contributed by atoms with E-state index in [-0.39, 0.29) is 0 Å². The van der Waals surface area contributed by atoms with Crippen LogP contribution in [0.25, 0.3) is 0 Å². The minimum absolute atomic E-state index is 1.01. The van der Waals surface area contributed by atoms with Gasteiger partial charge >= 0.3 is 0 Å². The molecule has 0 aromatic heterocycles. The number of hydrogen-bond donors (Lipinski definition) is 0. The van der Waals surface area contributed by atoms with Gasteiger partial charge in [-0.3, -0.25) is 4.48 Å². The van der Waals surface area contributed by atoms with Gasteiger partial charge in [-0.2, -0.15) is 0 Å². The van der Waals surface area contributed by atoms with Crippen LogP contribution in [0.3, 0.4) is 0 Å². The molecule has 0 heterocycles. The summed E-state index contributed by atoms with van der Waals surface area (Å²) < 4.78 is 1.01. The van der Waals surface area contributed by atoms with Gasteiger partial charge in [0.15, 0.2) is 0 Å². The Balaban J connectivity index is 1.97. The van der Waals surface area contributed by atoms with Crippen LogP contribution in [0.1, 0.15) is 77.6 Å². The van der Waals surface area contributed by atoms with Crippen LogP contribution in [0.2, 0.25) is 0 Å². The van der Waals surface area contributed by atoms with Gasteiger partial charge in [0.25, 0.3) is 0 Å². The zero-order chi connectivity index (χ0) is 16.1. The zero-order valence-corrected chi connectivity index (χ0v) is 15.3.